The van der Waals surface area contributed by atoms with Crippen LogP contribution in [0, 0.1) is 5.41 Å². The van der Waals surface area contributed by atoms with Crippen LogP contribution in [0.2, 0.25) is 0 Å². The quantitative estimate of drug-likeness (QED) is 0.598. The standard InChI is InChI=1S/C6H15NO3S/c1-6(2,3)5(7)4-11(8,9)10/h5H,4,7H2,1-3H3,(H,8,9,10)/t5-/m1/s1. The van der Waals surface area contributed by atoms with Crippen LogP contribution in [0.25, 0.3) is 0 Å². The molecule has 68 valence electrons. The van der Waals surface area contributed by atoms with Crippen molar-refractivity contribution in [3.8, 4) is 0 Å². The molecule has 11 heavy (non-hydrogen) atoms. The van der Waals surface area contributed by atoms with Crippen molar-refractivity contribution in [3.63, 3.8) is 0 Å². The maximum atomic E-state index is 10.4. The molecule has 0 saturated heterocycles. The second-order valence-corrected chi connectivity index (χ2v) is 5.22. The van der Waals surface area contributed by atoms with Gasteiger partial charge >= 0.3 is 0 Å². The van der Waals surface area contributed by atoms with Gasteiger partial charge in [-0.15, -0.1) is 0 Å². The molecule has 0 aromatic rings. The first kappa shape index (κ1) is 10.9. The third kappa shape index (κ3) is 5.17. The van der Waals surface area contributed by atoms with Gasteiger partial charge in [0.1, 0.15) is 0 Å². The van der Waals surface area contributed by atoms with Crippen LogP contribution in [0.1, 0.15) is 20.8 Å². The Balaban J connectivity index is 4.21. The number of rotatable bonds is 2. The molecule has 0 amide bonds. The first-order valence-corrected chi connectivity index (χ1v) is 4.94. The highest BCUT2D eigenvalue weighted by Crippen LogP contribution is 2.17. The summed E-state index contributed by atoms with van der Waals surface area (Å²) in [6.07, 6.45) is 0. The second-order valence-electron chi connectivity index (χ2n) is 3.72. The Morgan fingerprint density at radius 3 is 1.91 bits per heavy atom. The highest BCUT2D eigenvalue weighted by molar-refractivity contribution is 7.85. The Morgan fingerprint density at radius 1 is 1.45 bits per heavy atom. The zero-order valence-electron chi connectivity index (χ0n) is 7.03. The van der Waals surface area contributed by atoms with E-state index in [1.807, 2.05) is 20.8 Å². The molecule has 0 bridgehead atoms. The van der Waals surface area contributed by atoms with E-state index < -0.39 is 16.2 Å². The summed E-state index contributed by atoms with van der Waals surface area (Å²) in [5.41, 5.74) is 5.20. The molecule has 0 fully saturated rings. The van der Waals surface area contributed by atoms with Gasteiger partial charge in [-0.1, -0.05) is 20.8 Å². The van der Waals surface area contributed by atoms with Crippen LogP contribution in [0.3, 0.4) is 0 Å². The molecule has 0 aliphatic rings. The fourth-order valence-corrected chi connectivity index (χ4v) is 1.43. The lowest BCUT2D eigenvalue weighted by atomic mass is 9.89. The molecule has 0 aliphatic heterocycles. The van der Waals surface area contributed by atoms with Crippen molar-refractivity contribution < 1.29 is 13.0 Å². The zero-order valence-corrected chi connectivity index (χ0v) is 7.85. The molecule has 5 heteroatoms. The van der Waals surface area contributed by atoms with Crippen LogP contribution < -0.4 is 5.73 Å². The van der Waals surface area contributed by atoms with Crippen molar-refractivity contribution in [1.82, 2.24) is 0 Å². The van der Waals surface area contributed by atoms with Crippen LogP contribution in [0.4, 0.5) is 0 Å². The Kier molecular flexibility index (Phi) is 3.05. The Labute approximate surface area is 67.5 Å². The largest absolute Gasteiger partial charge is 0.326 e. The average molecular weight is 181 g/mol. The topological polar surface area (TPSA) is 80.4 Å². The minimum atomic E-state index is -3.93. The van der Waals surface area contributed by atoms with Gasteiger partial charge < -0.3 is 5.73 Å². The van der Waals surface area contributed by atoms with Crippen molar-refractivity contribution in [1.29, 1.82) is 0 Å². The maximum absolute atomic E-state index is 10.4. The SMILES string of the molecule is CC(C)(C)[C@H](N)CS(=O)(=O)O. The van der Waals surface area contributed by atoms with E-state index >= 15 is 0 Å². The van der Waals surface area contributed by atoms with Gasteiger partial charge in [-0.25, -0.2) is 0 Å². The summed E-state index contributed by atoms with van der Waals surface area (Å²) < 4.78 is 29.2. The van der Waals surface area contributed by atoms with E-state index in [0.29, 0.717) is 0 Å². The Hall–Kier alpha value is -0.130. The first-order valence-electron chi connectivity index (χ1n) is 3.33. The van der Waals surface area contributed by atoms with E-state index in [9.17, 15) is 8.42 Å². The van der Waals surface area contributed by atoms with Gasteiger partial charge in [0.15, 0.2) is 0 Å². The fraction of sp³-hybridized carbons (Fsp3) is 1.00. The molecule has 0 spiro atoms. The smallest absolute Gasteiger partial charge is 0.266 e. The monoisotopic (exact) mass is 181 g/mol. The lowest BCUT2D eigenvalue weighted by Gasteiger charge is -2.25. The maximum Gasteiger partial charge on any atom is 0.266 e. The molecule has 0 radical (unpaired) electrons. The molecule has 0 heterocycles. The number of hydrogen-bond donors (Lipinski definition) is 2. The predicted molar refractivity (Wildman–Crippen MR) is 43.8 cm³/mol. The molecule has 0 unspecified atom stereocenters. The summed E-state index contributed by atoms with van der Waals surface area (Å²) in [5, 5.41) is 0. The molecule has 0 aliphatic carbocycles. The highest BCUT2D eigenvalue weighted by Gasteiger charge is 2.24. The normalized spacial score (nSPS) is 16.5. The summed E-state index contributed by atoms with van der Waals surface area (Å²) >= 11 is 0. The Bertz CT molecular complexity index is 214. The molecule has 3 N–H and O–H groups in total. The second kappa shape index (κ2) is 3.08. The average Bonchev–Trinajstić information content (AvgIpc) is 1.56. The first-order chi connectivity index (χ1) is 4.63. The lowest BCUT2D eigenvalue weighted by Crippen LogP contribution is -2.40. The minimum absolute atomic E-state index is 0.296. The fourth-order valence-electron chi connectivity index (χ4n) is 0.477. The third-order valence-electron chi connectivity index (χ3n) is 1.50. The van der Waals surface area contributed by atoms with Crippen LogP contribution in [-0.4, -0.2) is 24.8 Å². The van der Waals surface area contributed by atoms with E-state index in [1.54, 1.807) is 0 Å². The van der Waals surface area contributed by atoms with Gasteiger partial charge in [0.05, 0.1) is 5.75 Å². The minimum Gasteiger partial charge on any atom is -0.326 e. The predicted octanol–water partition coefficient (Wildman–Crippen LogP) is 0.248. The molecule has 4 nitrogen and oxygen atoms in total. The number of nitrogens with two attached hydrogens (primary N) is 1. The molecule has 0 saturated carbocycles. The van der Waals surface area contributed by atoms with Gasteiger partial charge in [0.25, 0.3) is 10.1 Å². The Morgan fingerprint density at radius 2 is 1.82 bits per heavy atom. The summed E-state index contributed by atoms with van der Waals surface area (Å²) in [7, 11) is -3.93. The van der Waals surface area contributed by atoms with E-state index in [4.69, 9.17) is 10.3 Å². The van der Waals surface area contributed by atoms with Gasteiger partial charge in [-0.3, -0.25) is 4.55 Å². The van der Waals surface area contributed by atoms with Crippen molar-refractivity contribution in [2.75, 3.05) is 5.75 Å². The van der Waals surface area contributed by atoms with Crippen molar-refractivity contribution in [2.24, 2.45) is 11.1 Å². The van der Waals surface area contributed by atoms with Crippen molar-refractivity contribution in [3.05, 3.63) is 0 Å². The van der Waals surface area contributed by atoms with E-state index in [1.165, 1.54) is 0 Å². The van der Waals surface area contributed by atoms with Gasteiger partial charge in [0, 0.05) is 6.04 Å². The van der Waals surface area contributed by atoms with E-state index in [-0.39, 0.29) is 11.2 Å². The van der Waals surface area contributed by atoms with Crippen LogP contribution in [-0.2, 0) is 10.1 Å². The highest BCUT2D eigenvalue weighted by atomic mass is 32.2. The van der Waals surface area contributed by atoms with Crippen LogP contribution in [0.15, 0.2) is 0 Å². The van der Waals surface area contributed by atoms with Crippen LogP contribution in [0.5, 0.6) is 0 Å². The molecule has 0 aromatic carbocycles. The third-order valence-corrected chi connectivity index (χ3v) is 2.28. The zero-order chi connectivity index (χ0) is 9.28. The van der Waals surface area contributed by atoms with Gasteiger partial charge in [0.2, 0.25) is 0 Å². The van der Waals surface area contributed by atoms with Crippen molar-refractivity contribution >= 4 is 10.1 Å². The molecule has 0 rings (SSSR count). The van der Waals surface area contributed by atoms with E-state index in [2.05, 4.69) is 0 Å². The van der Waals surface area contributed by atoms with Gasteiger partial charge in [-0.2, -0.15) is 8.42 Å². The molecular formula is C6H15NO3S. The molecule has 0 aromatic heterocycles. The van der Waals surface area contributed by atoms with E-state index in [0.717, 1.165) is 0 Å². The summed E-state index contributed by atoms with van der Waals surface area (Å²) in [5.74, 6) is -0.378. The molecule has 1 atom stereocenters. The lowest BCUT2D eigenvalue weighted by molar-refractivity contribution is 0.334. The summed E-state index contributed by atoms with van der Waals surface area (Å²) in [6, 6.07) is -0.530. The number of hydrogen-bond acceptors (Lipinski definition) is 3. The summed E-state index contributed by atoms with van der Waals surface area (Å²) in [6.45, 7) is 5.47. The van der Waals surface area contributed by atoms with Crippen molar-refractivity contribution in [2.45, 2.75) is 26.8 Å². The van der Waals surface area contributed by atoms with Crippen LogP contribution >= 0.6 is 0 Å². The summed E-state index contributed by atoms with van der Waals surface area (Å²) in [4.78, 5) is 0. The van der Waals surface area contributed by atoms with Gasteiger partial charge in [-0.05, 0) is 5.41 Å². The molecular weight excluding hydrogens is 166 g/mol.